The van der Waals surface area contributed by atoms with Gasteiger partial charge in [0.1, 0.15) is 0 Å². The standard InChI is InChI=1S/C18H20IN/c1-14(15-6-3-2-4-7-15)10-11-20-12-16-8-5-9-18(19)17(16)13-20/h2-9,14H,10-13H2,1H3. The summed E-state index contributed by atoms with van der Waals surface area (Å²) in [5, 5.41) is 0. The van der Waals surface area contributed by atoms with E-state index in [0.29, 0.717) is 5.92 Å². The number of rotatable bonds is 4. The lowest BCUT2D eigenvalue weighted by Gasteiger charge is -2.18. The van der Waals surface area contributed by atoms with Gasteiger partial charge in [-0.05, 0) is 64.2 Å². The van der Waals surface area contributed by atoms with E-state index in [4.69, 9.17) is 0 Å². The molecule has 1 aliphatic heterocycles. The summed E-state index contributed by atoms with van der Waals surface area (Å²) >= 11 is 2.46. The average Bonchev–Trinajstić information content (AvgIpc) is 2.90. The molecule has 0 fully saturated rings. The lowest BCUT2D eigenvalue weighted by Crippen LogP contribution is -2.19. The monoisotopic (exact) mass is 377 g/mol. The minimum atomic E-state index is 0.638. The van der Waals surface area contributed by atoms with Crippen molar-refractivity contribution in [3.05, 3.63) is 68.8 Å². The van der Waals surface area contributed by atoms with Crippen LogP contribution in [0.2, 0.25) is 0 Å². The third-order valence-electron chi connectivity index (χ3n) is 4.24. The molecular formula is C18H20IN. The predicted octanol–water partition coefficient (Wildman–Crippen LogP) is 4.80. The second-order valence-electron chi connectivity index (χ2n) is 5.69. The molecule has 0 saturated carbocycles. The first-order valence-electron chi connectivity index (χ1n) is 7.27. The van der Waals surface area contributed by atoms with Crippen molar-refractivity contribution < 1.29 is 0 Å². The summed E-state index contributed by atoms with van der Waals surface area (Å²) in [6.45, 7) is 5.76. The molecule has 0 saturated heterocycles. The quantitative estimate of drug-likeness (QED) is 0.692. The van der Waals surface area contributed by atoms with Crippen LogP contribution < -0.4 is 0 Å². The lowest BCUT2D eigenvalue weighted by molar-refractivity contribution is 0.273. The van der Waals surface area contributed by atoms with Crippen LogP contribution in [-0.4, -0.2) is 11.4 Å². The fraction of sp³-hybridized carbons (Fsp3) is 0.333. The first kappa shape index (κ1) is 14.1. The van der Waals surface area contributed by atoms with Gasteiger partial charge >= 0.3 is 0 Å². The van der Waals surface area contributed by atoms with E-state index >= 15 is 0 Å². The van der Waals surface area contributed by atoms with Crippen molar-refractivity contribution >= 4 is 22.6 Å². The van der Waals surface area contributed by atoms with Crippen molar-refractivity contribution in [2.24, 2.45) is 0 Å². The summed E-state index contributed by atoms with van der Waals surface area (Å²) in [7, 11) is 0. The van der Waals surface area contributed by atoms with Crippen LogP contribution in [-0.2, 0) is 13.1 Å². The number of halogens is 1. The molecule has 0 spiro atoms. The molecule has 2 heteroatoms. The highest BCUT2D eigenvalue weighted by Gasteiger charge is 2.20. The number of benzene rings is 2. The van der Waals surface area contributed by atoms with E-state index in [9.17, 15) is 0 Å². The SMILES string of the molecule is CC(CCN1Cc2cccc(I)c2C1)c1ccccc1. The molecule has 2 aromatic carbocycles. The molecule has 2 aromatic rings. The molecule has 0 aromatic heterocycles. The van der Waals surface area contributed by atoms with Gasteiger partial charge < -0.3 is 0 Å². The zero-order chi connectivity index (χ0) is 13.9. The Bertz CT molecular complexity index is 579. The zero-order valence-electron chi connectivity index (χ0n) is 11.8. The van der Waals surface area contributed by atoms with Crippen molar-refractivity contribution in [3.8, 4) is 0 Å². The van der Waals surface area contributed by atoms with Gasteiger partial charge in [0.25, 0.3) is 0 Å². The van der Waals surface area contributed by atoms with E-state index in [-0.39, 0.29) is 0 Å². The summed E-state index contributed by atoms with van der Waals surface area (Å²) in [6.07, 6.45) is 1.23. The van der Waals surface area contributed by atoms with Crippen LogP contribution in [0.25, 0.3) is 0 Å². The Kier molecular flexibility index (Phi) is 4.41. The summed E-state index contributed by atoms with van der Waals surface area (Å²) in [5.74, 6) is 0.638. The molecule has 0 bridgehead atoms. The summed E-state index contributed by atoms with van der Waals surface area (Å²) < 4.78 is 1.42. The van der Waals surface area contributed by atoms with E-state index in [2.05, 4.69) is 82.9 Å². The molecule has 1 atom stereocenters. The second kappa shape index (κ2) is 6.27. The van der Waals surface area contributed by atoms with Crippen LogP contribution in [0.3, 0.4) is 0 Å². The van der Waals surface area contributed by atoms with Crippen LogP contribution in [0.5, 0.6) is 0 Å². The van der Waals surface area contributed by atoms with E-state index in [1.54, 1.807) is 5.56 Å². The summed E-state index contributed by atoms with van der Waals surface area (Å²) in [5.41, 5.74) is 4.52. The Balaban J connectivity index is 1.58. The Morgan fingerprint density at radius 1 is 1.05 bits per heavy atom. The highest BCUT2D eigenvalue weighted by atomic mass is 127. The van der Waals surface area contributed by atoms with Gasteiger partial charge in [0.05, 0.1) is 0 Å². The number of hydrogen-bond donors (Lipinski definition) is 0. The van der Waals surface area contributed by atoms with Crippen LogP contribution in [0.4, 0.5) is 0 Å². The largest absolute Gasteiger partial charge is 0.295 e. The molecule has 1 heterocycles. The van der Waals surface area contributed by atoms with Gasteiger partial charge in [0.15, 0.2) is 0 Å². The van der Waals surface area contributed by atoms with Crippen molar-refractivity contribution in [1.29, 1.82) is 0 Å². The molecule has 1 nitrogen and oxygen atoms in total. The summed E-state index contributed by atoms with van der Waals surface area (Å²) in [4.78, 5) is 2.58. The Morgan fingerprint density at radius 3 is 2.60 bits per heavy atom. The molecule has 20 heavy (non-hydrogen) atoms. The van der Waals surface area contributed by atoms with Gasteiger partial charge in [-0.2, -0.15) is 0 Å². The molecule has 1 aliphatic rings. The minimum Gasteiger partial charge on any atom is -0.295 e. The highest BCUT2D eigenvalue weighted by Crippen LogP contribution is 2.28. The molecular weight excluding hydrogens is 357 g/mol. The molecule has 0 N–H and O–H groups in total. The van der Waals surface area contributed by atoms with Crippen LogP contribution in [0.15, 0.2) is 48.5 Å². The van der Waals surface area contributed by atoms with Crippen molar-refractivity contribution in [2.75, 3.05) is 6.54 Å². The van der Waals surface area contributed by atoms with E-state index in [1.165, 1.54) is 27.7 Å². The third-order valence-corrected chi connectivity index (χ3v) is 5.25. The fourth-order valence-electron chi connectivity index (χ4n) is 2.93. The summed E-state index contributed by atoms with van der Waals surface area (Å²) in [6, 6.07) is 17.5. The maximum absolute atomic E-state index is 2.58. The van der Waals surface area contributed by atoms with Crippen molar-refractivity contribution in [2.45, 2.75) is 32.4 Å². The molecule has 0 amide bonds. The maximum atomic E-state index is 2.58. The van der Waals surface area contributed by atoms with Crippen molar-refractivity contribution in [1.82, 2.24) is 4.90 Å². The Morgan fingerprint density at radius 2 is 1.85 bits per heavy atom. The molecule has 0 radical (unpaired) electrons. The molecule has 3 rings (SSSR count). The van der Waals surface area contributed by atoms with Gasteiger partial charge in [0, 0.05) is 16.7 Å². The number of nitrogens with zero attached hydrogens (tertiary/aromatic N) is 1. The normalized spacial score (nSPS) is 16.1. The Hall–Kier alpha value is -0.870. The minimum absolute atomic E-state index is 0.638. The number of hydrogen-bond acceptors (Lipinski definition) is 1. The average molecular weight is 377 g/mol. The van der Waals surface area contributed by atoms with E-state index in [1.807, 2.05) is 0 Å². The van der Waals surface area contributed by atoms with E-state index < -0.39 is 0 Å². The van der Waals surface area contributed by atoms with Gasteiger partial charge in [0.2, 0.25) is 0 Å². The smallest absolute Gasteiger partial charge is 0.0251 e. The third kappa shape index (κ3) is 3.07. The maximum Gasteiger partial charge on any atom is 0.0251 e. The predicted molar refractivity (Wildman–Crippen MR) is 92.7 cm³/mol. The zero-order valence-corrected chi connectivity index (χ0v) is 14.0. The fourth-order valence-corrected chi connectivity index (χ4v) is 3.66. The molecule has 0 aliphatic carbocycles. The van der Waals surface area contributed by atoms with Gasteiger partial charge in [-0.25, -0.2) is 0 Å². The van der Waals surface area contributed by atoms with Crippen LogP contribution >= 0.6 is 22.6 Å². The molecule has 1 unspecified atom stereocenters. The first-order valence-corrected chi connectivity index (χ1v) is 8.35. The topological polar surface area (TPSA) is 3.24 Å². The van der Waals surface area contributed by atoms with Gasteiger partial charge in [-0.15, -0.1) is 0 Å². The lowest BCUT2D eigenvalue weighted by atomic mass is 9.98. The van der Waals surface area contributed by atoms with Crippen LogP contribution in [0, 0.1) is 3.57 Å². The van der Waals surface area contributed by atoms with E-state index in [0.717, 1.165) is 13.1 Å². The second-order valence-corrected chi connectivity index (χ2v) is 6.85. The highest BCUT2D eigenvalue weighted by molar-refractivity contribution is 14.1. The van der Waals surface area contributed by atoms with Crippen molar-refractivity contribution in [3.63, 3.8) is 0 Å². The van der Waals surface area contributed by atoms with Gasteiger partial charge in [-0.3, -0.25) is 4.90 Å². The van der Waals surface area contributed by atoms with Gasteiger partial charge in [-0.1, -0.05) is 49.4 Å². The van der Waals surface area contributed by atoms with Crippen LogP contribution in [0.1, 0.15) is 36.0 Å². The molecule has 104 valence electrons. The first-order chi connectivity index (χ1) is 9.74. The Labute approximate surface area is 135 Å². The number of fused-ring (bicyclic) bond motifs is 1.